The summed E-state index contributed by atoms with van der Waals surface area (Å²) in [4.78, 5) is 7.94. The molecule has 2 fully saturated rings. The molecular formula is C24H31N3. The molecule has 2 aliphatic rings. The summed E-state index contributed by atoms with van der Waals surface area (Å²) in [6.45, 7) is 2.32. The zero-order valence-electron chi connectivity index (χ0n) is 16.2. The SMILES string of the molecule is Nc1ccccc1C(N=C1CCN(C2CCCCC2)CC1)c1ccccc1. The third kappa shape index (κ3) is 4.41. The van der Waals surface area contributed by atoms with Crippen LogP contribution in [0.3, 0.4) is 0 Å². The van der Waals surface area contributed by atoms with Crippen LogP contribution in [-0.4, -0.2) is 29.7 Å². The highest BCUT2D eigenvalue weighted by molar-refractivity contribution is 5.86. The fourth-order valence-corrected chi connectivity index (χ4v) is 4.62. The van der Waals surface area contributed by atoms with Crippen molar-refractivity contribution in [2.45, 2.75) is 57.0 Å². The van der Waals surface area contributed by atoms with Crippen LogP contribution in [0.1, 0.15) is 62.1 Å². The number of piperidine rings is 1. The van der Waals surface area contributed by atoms with Gasteiger partial charge in [-0.1, -0.05) is 67.8 Å². The van der Waals surface area contributed by atoms with Gasteiger partial charge in [0.25, 0.3) is 0 Å². The number of likely N-dealkylation sites (tertiary alicyclic amines) is 1. The van der Waals surface area contributed by atoms with Gasteiger partial charge in [0, 0.05) is 36.1 Å². The number of aliphatic imine (C=N–C) groups is 1. The van der Waals surface area contributed by atoms with Crippen LogP contribution in [0.15, 0.2) is 59.6 Å². The van der Waals surface area contributed by atoms with Crippen molar-refractivity contribution in [2.75, 3.05) is 18.8 Å². The minimum atomic E-state index is 0.00336. The molecule has 2 aromatic carbocycles. The van der Waals surface area contributed by atoms with Gasteiger partial charge >= 0.3 is 0 Å². The van der Waals surface area contributed by atoms with Crippen LogP contribution in [0.5, 0.6) is 0 Å². The number of anilines is 1. The van der Waals surface area contributed by atoms with E-state index < -0.39 is 0 Å². The molecule has 1 aliphatic carbocycles. The number of benzene rings is 2. The van der Waals surface area contributed by atoms with Crippen molar-refractivity contribution in [1.29, 1.82) is 0 Å². The van der Waals surface area contributed by atoms with E-state index in [9.17, 15) is 0 Å². The lowest BCUT2D eigenvalue weighted by atomic mass is 9.92. The first-order valence-corrected chi connectivity index (χ1v) is 10.5. The lowest BCUT2D eigenvalue weighted by molar-refractivity contribution is 0.155. The second-order valence-electron chi connectivity index (χ2n) is 7.97. The summed E-state index contributed by atoms with van der Waals surface area (Å²) in [5.74, 6) is 0. The van der Waals surface area contributed by atoms with E-state index >= 15 is 0 Å². The van der Waals surface area contributed by atoms with Gasteiger partial charge in [0.1, 0.15) is 6.04 Å². The predicted molar refractivity (Wildman–Crippen MR) is 114 cm³/mol. The first-order chi connectivity index (χ1) is 13.3. The first kappa shape index (κ1) is 18.2. The maximum atomic E-state index is 6.31. The standard InChI is InChI=1S/C24H31N3/c25-23-14-8-7-13-22(23)24(19-9-3-1-4-10-19)26-20-15-17-27(18-16-20)21-11-5-2-6-12-21/h1,3-4,7-10,13-14,21,24H,2,5-6,11-12,15-18,25H2. The Morgan fingerprint density at radius 1 is 0.852 bits per heavy atom. The van der Waals surface area contributed by atoms with E-state index in [1.165, 1.54) is 43.4 Å². The van der Waals surface area contributed by atoms with Gasteiger partial charge in [-0.15, -0.1) is 0 Å². The number of para-hydroxylation sites is 1. The fourth-order valence-electron chi connectivity index (χ4n) is 4.62. The third-order valence-corrected chi connectivity index (χ3v) is 6.18. The molecule has 0 aromatic heterocycles. The van der Waals surface area contributed by atoms with E-state index in [-0.39, 0.29) is 6.04 Å². The summed E-state index contributed by atoms with van der Waals surface area (Å²) in [6.07, 6.45) is 9.20. The van der Waals surface area contributed by atoms with Crippen molar-refractivity contribution in [3.8, 4) is 0 Å². The zero-order valence-corrected chi connectivity index (χ0v) is 16.2. The van der Waals surface area contributed by atoms with Crippen LogP contribution in [0.4, 0.5) is 5.69 Å². The molecule has 142 valence electrons. The Hall–Kier alpha value is -2.13. The number of hydrogen-bond donors (Lipinski definition) is 1. The molecule has 2 aromatic rings. The van der Waals surface area contributed by atoms with E-state index in [1.807, 2.05) is 12.1 Å². The van der Waals surface area contributed by atoms with Gasteiger partial charge in [0.15, 0.2) is 0 Å². The first-order valence-electron chi connectivity index (χ1n) is 10.5. The van der Waals surface area contributed by atoms with Gasteiger partial charge in [-0.3, -0.25) is 9.89 Å². The fraction of sp³-hybridized carbons (Fsp3) is 0.458. The zero-order chi connectivity index (χ0) is 18.5. The van der Waals surface area contributed by atoms with Crippen molar-refractivity contribution >= 4 is 11.4 Å². The van der Waals surface area contributed by atoms with E-state index in [2.05, 4.69) is 47.4 Å². The highest BCUT2D eigenvalue weighted by atomic mass is 15.2. The smallest absolute Gasteiger partial charge is 0.102 e. The molecule has 1 aliphatic heterocycles. The predicted octanol–water partition coefficient (Wildman–Crippen LogP) is 5.23. The molecule has 3 nitrogen and oxygen atoms in total. The molecule has 1 saturated heterocycles. The topological polar surface area (TPSA) is 41.6 Å². The average Bonchev–Trinajstić information content (AvgIpc) is 2.74. The van der Waals surface area contributed by atoms with Crippen LogP contribution < -0.4 is 5.73 Å². The molecule has 2 N–H and O–H groups in total. The van der Waals surface area contributed by atoms with Crippen molar-refractivity contribution in [2.24, 2.45) is 4.99 Å². The molecule has 27 heavy (non-hydrogen) atoms. The monoisotopic (exact) mass is 361 g/mol. The van der Waals surface area contributed by atoms with Gasteiger partial charge in [0.2, 0.25) is 0 Å². The quantitative estimate of drug-likeness (QED) is 0.758. The number of nitrogens with two attached hydrogens (primary N) is 1. The molecule has 3 heteroatoms. The normalized spacial score (nSPS) is 20.4. The molecular weight excluding hydrogens is 330 g/mol. The van der Waals surface area contributed by atoms with E-state index in [4.69, 9.17) is 10.7 Å². The van der Waals surface area contributed by atoms with Crippen molar-refractivity contribution in [3.63, 3.8) is 0 Å². The highest BCUT2D eigenvalue weighted by Crippen LogP contribution is 2.32. The molecule has 0 bridgehead atoms. The average molecular weight is 362 g/mol. The van der Waals surface area contributed by atoms with Crippen LogP contribution >= 0.6 is 0 Å². The highest BCUT2D eigenvalue weighted by Gasteiger charge is 2.25. The number of rotatable bonds is 4. The van der Waals surface area contributed by atoms with E-state index in [0.29, 0.717) is 0 Å². The molecule has 1 saturated carbocycles. The Balaban J connectivity index is 1.53. The molecule has 0 amide bonds. The summed E-state index contributed by atoms with van der Waals surface area (Å²) in [7, 11) is 0. The Labute approximate surface area is 163 Å². The molecule has 1 atom stereocenters. The lowest BCUT2D eigenvalue weighted by Gasteiger charge is -2.37. The van der Waals surface area contributed by atoms with Crippen LogP contribution in [0.2, 0.25) is 0 Å². The van der Waals surface area contributed by atoms with E-state index in [0.717, 1.165) is 43.2 Å². The van der Waals surface area contributed by atoms with Gasteiger partial charge < -0.3 is 5.73 Å². The molecule has 1 heterocycles. The maximum Gasteiger partial charge on any atom is 0.102 e. The number of hydrogen-bond acceptors (Lipinski definition) is 3. The Morgan fingerprint density at radius 3 is 2.22 bits per heavy atom. The summed E-state index contributed by atoms with van der Waals surface area (Å²) in [5, 5.41) is 0. The minimum Gasteiger partial charge on any atom is -0.398 e. The summed E-state index contributed by atoms with van der Waals surface area (Å²) >= 11 is 0. The third-order valence-electron chi connectivity index (χ3n) is 6.18. The minimum absolute atomic E-state index is 0.00336. The number of nitrogens with zero attached hydrogens (tertiary/aromatic N) is 2. The van der Waals surface area contributed by atoms with Gasteiger partial charge in [-0.25, -0.2) is 0 Å². The second kappa shape index (κ2) is 8.71. The second-order valence-corrected chi connectivity index (χ2v) is 7.97. The largest absolute Gasteiger partial charge is 0.398 e. The van der Waals surface area contributed by atoms with Crippen molar-refractivity contribution < 1.29 is 0 Å². The van der Waals surface area contributed by atoms with Crippen LogP contribution in [0, 0.1) is 0 Å². The van der Waals surface area contributed by atoms with Gasteiger partial charge in [0.05, 0.1) is 0 Å². The Kier molecular flexibility index (Phi) is 5.88. The summed E-state index contributed by atoms with van der Waals surface area (Å²) < 4.78 is 0. The van der Waals surface area contributed by atoms with Crippen molar-refractivity contribution in [3.05, 3.63) is 65.7 Å². The van der Waals surface area contributed by atoms with E-state index in [1.54, 1.807) is 0 Å². The number of nitrogen functional groups attached to an aromatic ring is 1. The Morgan fingerprint density at radius 2 is 1.52 bits per heavy atom. The Bertz CT molecular complexity index is 752. The van der Waals surface area contributed by atoms with Gasteiger partial charge in [-0.05, 0) is 37.3 Å². The molecule has 1 unspecified atom stereocenters. The van der Waals surface area contributed by atoms with Gasteiger partial charge in [-0.2, -0.15) is 0 Å². The molecule has 0 spiro atoms. The van der Waals surface area contributed by atoms with Crippen LogP contribution in [0.25, 0.3) is 0 Å². The lowest BCUT2D eigenvalue weighted by Crippen LogP contribution is -2.42. The molecule has 4 rings (SSSR count). The maximum absolute atomic E-state index is 6.31. The summed E-state index contributed by atoms with van der Waals surface area (Å²) in [6, 6.07) is 19.6. The summed E-state index contributed by atoms with van der Waals surface area (Å²) in [5.41, 5.74) is 10.8. The van der Waals surface area contributed by atoms with Crippen molar-refractivity contribution in [1.82, 2.24) is 4.90 Å². The molecule has 0 radical (unpaired) electrons. The van der Waals surface area contributed by atoms with Crippen LogP contribution in [-0.2, 0) is 0 Å².